The number of nitrogens with one attached hydrogen (secondary N) is 1. The first-order valence-corrected chi connectivity index (χ1v) is 7.25. The van der Waals surface area contributed by atoms with Crippen LogP contribution >= 0.6 is 0 Å². The van der Waals surface area contributed by atoms with Crippen molar-refractivity contribution in [3.63, 3.8) is 0 Å². The Bertz CT molecular complexity index is 337. The summed E-state index contributed by atoms with van der Waals surface area (Å²) < 4.78 is 5.31. The number of rotatable bonds is 9. The molecule has 1 aromatic rings. The first kappa shape index (κ1) is 16.0. The van der Waals surface area contributed by atoms with Gasteiger partial charge in [-0.2, -0.15) is 0 Å². The summed E-state index contributed by atoms with van der Waals surface area (Å²) in [5, 5.41) is 3.55. The summed E-state index contributed by atoms with van der Waals surface area (Å²) >= 11 is 0. The third-order valence-corrected chi connectivity index (χ3v) is 3.27. The zero-order chi connectivity index (χ0) is 14.1. The molecule has 0 fully saturated rings. The summed E-state index contributed by atoms with van der Waals surface area (Å²) in [5.41, 5.74) is 2.59. The number of hydrogen-bond acceptors (Lipinski definition) is 3. The molecule has 0 bridgehead atoms. The summed E-state index contributed by atoms with van der Waals surface area (Å²) in [7, 11) is 1.77. The number of aryl methyl sites for hydroxylation is 1. The van der Waals surface area contributed by atoms with E-state index in [1.54, 1.807) is 7.11 Å². The summed E-state index contributed by atoms with van der Waals surface area (Å²) in [6.07, 6.45) is 1.15. The molecule has 3 nitrogen and oxygen atoms in total. The molecule has 0 aromatic heterocycles. The molecule has 19 heavy (non-hydrogen) atoms. The Morgan fingerprint density at radius 2 is 1.89 bits per heavy atom. The van der Waals surface area contributed by atoms with Crippen molar-refractivity contribution in [3.8, 4) is 0 Å². The molecule has 1 aromatic carbocycles. The molecule has 108 valence electrons. The third-order valence-electron chi connectivity index (χ3n) is 3.27. The Morgan fingerprint density at radius 1 is 1.21 bits per heavy atom. The number of benzene rings is 1. The fraction of sp³-hybridized carbons (Fsp3) is 0.625. The van der Waals surface area contributed by atoms with Gasteiger partial charge in [-0.1, -0.05) is 24.6 Å². The minimum Gasteiger partial charge on any atom is -0.383 e. The van der Waals surface area contributed by atoms with Gasteiger partial charge in [0.2, 0.25) is 0 Å². The van der Waals surface area contributed by atoms with Crippen molar-refractivity contribution in [3.05, 3.63) is 29.8 Å². The van der Waals surface area contributed by atoms with Crippen LogP contribution in [0.25, 0.3) is 0 Å². The molecule has 0 saturated carbocycles. The van der Waals surface area contributed by atoms with Crippen LogP contribution in [-0.2, 0) is 4.74 Å². The first-order valence-electron chi connectivity index (χ1n) is 7.25. The van der Waals surface area contributed by atoms with Crippen LogP contribution in [0.1, 0.15) is 25.8 Å². The molecule has 0 aliphatic heterocycles. The Hall–Kier alpha value is -1.06. The molecule has 0 heterocycles. The smallest absolute Gasteiger partial charge is 0.0633 e. The van der Waals surface area contributed by atoms with Crippen molar-refractivity contribution in [1.82, 2.24) is 5.32 Å². The number of likely N-dealkylation sites (N-methyl/N-ethyl adjacent to an activating group) is 1. The van der Waals surface area contributed by atoms with E-state index in [1.807, 2.05) is 0 Å². The van der Waals surface area contributed by atoms with Gasteiger partial charge in [-0.05, 0) is 38.9 Å². The monoisotopic (exact) mass is 264 g/mol. The van der Waals surface area contributed by atoms with Crippen molar-refractivity contribution in [1.29, 1.82) is 0 Å². The molecule has 0 radical (unpaired) electrons. The van der Waals surface area contributed by atoms with Gasteiger partial charge in [0.25, 0.3) is 0 Å². The van der Waals surface area contributed by atoms with Crippen molar-refractivity contribution < 1.29 is 4.74 Å². The number of hydrogen-bond donors (Lipinski definition) is 1. The molecule has 1 atom stereocenters. The van der Waals surface area contributed by atoms with E-state index in [9.17, 15) is 0 Å². The highest BCUT2D eigenvalue weighted by atomic mass is 16.5. The van der Waals surface area contributed by atoms with Gasteiger partial charge in [-0.25, -0.2) is 0 Å². The van der Waals surface area contributed by atoms with E-state index >= 15 is 0 Å². The van der Waals surface area contributed by atoms with Crippen molar-refractivity contribution in [2.75, 3.05) is 38.3 Å². The maximum absolute atomic E-state index is 5.31. The van der Waals surface area contributed by atoms with Gasteiger partial charge in [0.1, 0.15) is 0 Å². The Balaban J connectivity index is 2.64. The van der Waals surface area contributed by atoms with Crippen molar-refractivity contribution in [2.45, 2.75) is 33.2 Å². The van der Waals surface area contributed by atoms with Gasteiger partial charge in [0.05, 0.1) is 6.61 Å². The maximum atomic E-state index is 5.31. The van der Waals surface area contributed by atoms with E-state index in [2.05, 4.69) is 55.3 Å². The summed E-state index contributed by atoms with van der Waals surface area (Å²) in [6, 6.07) is 9.11. The number of nitrogens with zero attached hydrogens (tertiary/aromatic N) is 1. The molecule has 0 spiro atoms. The van der Waals surface area contributed by atoms with Crippen LogP contribution in [0, 0.1) is 6.92 Å². The van der Waals surface area contributed by atoms with Gasteiger partial charge < -0.3 is 15.0 Å². The molecule has 1 unspecified atom stereocenters. The Kier molecular flexibility index (Phi) is 7.53. The van der Waals surface area contributed by atoms with Crippen molar-refractivity contribution >= 4 is 5.69 Å². The van der Waals surface area contributed by atoms with E-state index in [0.29, 0.717) is 6.04 Å². The first-order chi connectivity index (χ1) is 9.21. The molecule has 1 rings (SSSR count). The molecule has 0 aliphatic carbocycles. The maximum Gasteiger partial charge on any atom is 0.0633 e. The zero-order valence-electron chi connectivity index (χ0n) is 12.8. The number of anilines is 1. The predicted octanol–water partition coefficient (Wildman–Crippen LogP) is 2.84. The Morgan fingerprint density at radius 3 is 2.42 bits per heavy atom. The number of ether oxygens (including phenoxy) is 1. The van der Waals surface area contributed by atoms with Crippen LogP contribution in [0.15, 0.2) is 24.3 Å². The molecular weight excluding hydrogens is 236 g/mol. The standard InChI is InChI=1S/C16H28N2O/c1-5-11-17-15(13-19-4)12-18(6-2)16-9-7-14(3)8-10-16/h7-10,15,17H,5-6,11-13H2,1-4H3. The average Bonchev–Trinajstić information content (AvgIpc) is 2.43. The lowest BCUT2D eigenvalue weighted by molar-refractivity contribution is 0.168. The van der Waals surface area contributed by atoms with E-state index in [0.717, 1.165) is 32.7 Å². The highest BCUT2D eigenvalue weighted by molar-refractivity contribution is 5.47. The van der Waals surface area contributed by atoms with Crippen LogP contribution in [0.2, 0.25) is 0 Å². The normalized spacial score (nSPS) is 12.4. The second-order valence-corrected chi connectivity index (χ2v) is 4.98. The zero-order valence-corrected chi connectivity index (χ0v) is 12.8. The summed E-state index contributed by atoms with van der Waals surface area (Å²) in [6.45, 7) is 10.3. The highest BCUT2D eigenvalue weighted by Crippen LogP contribution is 2.15. The van der Waals surface area contributed by atoms with E-state index in [-0.39, 0.29) is 0 Å². The van der Waals surface area contributed by atoms with Crippen molar-refractivity contribution in [2.24, 2.45) is 0 Å². The lowest BCUT2D eigenvalue weighted by Gasteiger charge is -2.29. The fourth-order valence-corrected chi connectivity index (χ4v) is 2.16. The molecular formula is C16H28N2O. The van der Waals surface area contributed by atoms with Crippen LogP contribution in [0.3, 0.4) is 0 Å². The largest absolute Gasteiger partial charge is 0.383 e. The van der Waals surface area contributed by atoms with E-state index < -0.39 is 0 Å². The van der Waals surface area contributed by atoms with E-state index in [1.165, 1.54) is 11.3 Å². The van der Waals surface area contributed by atoms with Crippen LogP contribution in [0.5, 0.6) is 0 Å². The molecule has 1 N–H and O–H groups in total. The van der Waals surface area contributed by atoms with Gasteiger partial charge in [-0.15, -0.1) is 0 Å². The number of methoxy groups -OCH3 is 1. The minimum absolute atomic E-state index is 0.381. The molecule has 3 heteroatoms. The quantitative estimate of drug-likeness (QED) is 0.742. The highest BCUT2D eigenvalue weighted by Gasteiger charge is 2.12. The van der Waals surface area contributed by atoms with Crippen LogP contribution in [0.4, 0.5) is 5.69 Å². The summed E-state index contributed by atoms with van der Waals surface area (Å²) in [4.78, 5) is 2.39. The topological polar surface area (TPSA) is 24.5 Å². The SMILES string of the molecule is CCCNC(COC)CN(CC)c1ccc(C)cc1. The molecule has 0 amide bonds. The van der Waals surface area contributed by atoms with Gasteiger partial charge in [-0.3, -0.25) is 0 Å². The van der Waals surface area contributed by atoms with Gasteiger partial charge in [0, 0.05) is 31.9 Å². The van der Waals surface area contributed by atoms with E-state index in [4.69, 9.17) is 4.74 Å². The van der Waals surface area contributed by atoms with Crippen LogP contribution in [-0.4, -0.2) is 39.4 Å². The lowest BCUT2D eigenvalue weighted by Crippen LogP contribution is -2.44. The lowest BCUT2D eigenvalue weighted by atomic mass is 10.2. The predicted molar refractivity (Wildman–Crippen MR) is 83.0 cm³/mol. The van der Waals surface area contributed by atoms with Crippen LogP contribution < -0.4 is 10.2 Å². The third kappa shape index (κ3) is 5.62. The minimum atomic E-state index is 0.381. The Labute approximate surface area is 118 Å². The second-order valence-electron chi connectivity index (χ2n) is 4.98. The average molecular weight is 264 g/mol. The molecule has 0 saturated heterocycles. The second kappa shape index (κ2) is 8.94. The van der Waals surface area contributed by atoms with Gasteiger partial charge in [0.15, 0.2) is 0 Å². The summed E-state index contributed by atoms with van der Waals surface area (Å²) in [5.74, 6) is 0. The van der Waals surface area contributed by atoms with Gasteiger partial charge >= 0.3 is 0 Å². The molecule has 0 aliphatic rings. The fourth-order valence-electron chi connectivity index (χ4n) is 2.16.